The van der Waals surface area contributed by atoms with Crippen molar-refractivity contribution in [3.05, 3.63) is 33.8 Å². The van der Waals surface area contributed by atoms with Crippen LogP contribution in [0.2, 0.25) is 0 Å². The van der Waals surface area contributed by atoms with E-state index in [1.807, 2.05) is 0 Å². The molecule has 2 nitrogen and oxygen atoms in total. The molecule has 1 aromatic rings. The van der Waals surface area contributed by atoms with E-state index in [0.29, 0.717) is 0 Å². The number of rotatable bonds is 1. The quantitative estimate of drug-likeness (QED) is 0.855. The van der Waals surface area contributed by atoms with Gasteiger partial charge in [0.05, 0.1) is 0 Å². The molecule has 4 rings (SSSR count). The molecular formula is C16H21BrN2. The average molecular weight is 321 g/mol. The van der Waals surface area contributed by atoms with Crippen LogP contribution in [0.3, 0.4) is 0 Å². The number of likely N-dealkylation sites (tertiary alicyclic amines) is 1. The predicted octanol–water partition coefficient (Wildman–Crippen LogP) is 2.46. The fraction of sp³-hybridized carbons (Fsp3) is 0.625. The summed E-state index contributed by atoms with van der Waals surface area (Å²) in [6, 6.07) is 7.63. The van der Waals surface area contributed by atoms with Crippen molar-refractivity contribution in [3.8, 4) is 0 Å². The smallest absolute Gasteiger partial charge is 0.0178 e. The van der Waals surface area contributed by atoms with E-state index in [4.69, 9.17) is 0 Å². The Bertz CT molecular complexity index is 476. The standard InChI is InChI=1S/C16H21BrN2/c17-15-3-1-12-6-16(4-2-11(12)5-15)19-9-13-7-18-8-14(13)10-19/h1,3,5,13-14,16,18H,2,4,6-10H2. The molecule has 0 saturated carbocycles. The van der Waals surface area contributed by atoms with E-state index in [-0.39, 0.29) is 0 Å². The molecule has 19 heavy (non-hydrogen) atoms. The van der Waals surface area contributed by atoms with Crippen LogP contribution in [0.4, 0.5) is 0 Å². The maximum absolute atomic E-state index is 3.59. The third-order valence-electron chi connectivity index (χ3n) is 5.30. The lowest BCUT2D eigenvalue weighted by molar-refractivity contribution is 0.207. The minimum atomic E-state index is 0.791. The van der Waals surface area contributed by atoms with Crippen molar-refractivity contribution in [2.24, 2.45) is 11.8 Å². The molecule has 0 amide bonds. The molecule has 0 radical (unpaired) electrons. The summed E-state index contributed by atoms with van der Waals surface area (Å²) >= 11 is 3.59. The molecule has 3 unspecified atom stereocenters. The molecule has 2 heterocycles. The van der Waals surface area contributed by atoms with Crippen LogP contribution in [0.25, 0.3) is 0 Å². The highest BCUT2D eigenvalue weighted by atomic mass is 79.9. The zero-order valence-electron chi connectivity index (χ0n) is 11.2. The summed E-state index contributed by atoms with van der Waals surface area (Å²) < 4.78 is 1.23. The van der Waals surface area contributed by atoms with Gasteiger partial charge in [0.2, 0.25) is 0 Å². The molecule has 1 aromatic carbocycles. The number of halogens is 1. The van der Waals surface area contributed by atoms with Gasteiger partial charge in [-0.05, 0) is 67.4 Å². The van der Waals surface area contributed by atoms with Crippen LogP contribution in [0, 0.1) is 11.8 Å². The second kappa shape index (κ2) is 4.87. The molecule has 102 valence electrons. The van der Waals surface area contributed by atoms with Crippen molar-refractivity contribution < 1.29 is 0 Å². The molecular weight excluding hydrogens is 300 g/mol. The summed E-state index contributed by atoms with van der Waals surface area (Å²) in [5.41, 5.74) is 3.14. The first-order valence-electron chi connectivity index (χ1n) is 7.51. The van der Waals surface area contributed by atoms with Crippen LogP contribution in [0.15, 0.2) is 22.7 Å². The molecule has 3 aliphatic rings. The van der Waals surface area contributed by atoms with Gasteiger partial charge in [0.15, 0.2) is 0 Å². The average Bonchev–Trinajstić information content (AvgIpc) is 2.98. The van der Waals surface area contributed by atoms with Crippen molar-refractivity contribution >= 4 is 15.9 Å². The molecule has 3 heteroatoms. The minimum absolute atomic E-state index is 0.791. The highest BCUT2D eigenvalue weighted by Crippen LogP contribution is 2.33. The summed E-state index contributed by atoms with van der Waals surface area (Å²) in [4.78, 5) is 2.78. The molecule has 2 aliphatic heterocycles. The highest BCUT2D eigenvalue weighted by Gasteiger charge is 2.39. The van der Waals surface area contributed by atoms with Gasteiger partial charge in [-0.3, -0.25) is 4.90 Å². The molecule has 2 saturated heterocycles. The molecule has 3 atom stereocenters. The number of fused-ring (bicyclic) bond motifs is 2. The van der Waals surface area contributed by atoms with E-state index in [1.165, 1.54) is 49.9 Å². The third kappa shape index (κ3) is 2.26. The summed E-state index contributed by atoms with van der Waals surface area (Å²) in [6.45, 7) is 5.15. The van der Waals surface area contributed by atoms with E-state index in [1.54, 1.807) is 11.1 Å². The van der Waals surface area contributed by atoms with Crippen molar-refractivity contribution in [1.82, 2.24) is 10.2 Å². The van der Waals surface area contributed by atoms with Gasteiger partial charge >= 0.3 is 0 Å². The van der Waals surface area contributed by atoms with Gasteiger partial charge in [0.25, 0.3) is 0 Å². The molecule has 1 aliphatic carbocycles. The molecule has 2 fully saturated rings. The maximum atomic E-state index is 3.59. The first kappa shape index (κ1) is 12.4. The fourth-order valence-corrected chi connectivity index (χ4v) is 4.61. The summed E-state index contributed by atoms with van der Waals surface area (Å²) in [7, 11) is 0. The fourth-order valence-electron chi connectivity index (χ4n) is 4.21. The maximum Gasteiger partial charge on any atom is 0.0178 e. The number of benzene rings is 1. The molecule has 0 aromatic heterocycles. The van der Waals surface area contributed by atoms with Crippen LogP contribution in [-0.2, 0) is 12.8 Å². The van der Waals surface area contributed by atoms with Gasteiger partial charge in [0.1, 0.15) is 0 Å². The molecule has 0 bridgehead atoms. The molecule has 0 spiro atoms. The third-order valence-corrected chi connectivity index (χ3v) is 5.80. The van der Waals surface area contributed by atoms with Crippen LogP contribution >= 0.6 is 15.9 Å². The Balaban J connectivity index is 1.48. The summed E-state index contributed by atoms with van der Waals surface area (Å²) in [5, 5.41) is 3.54. The van der Waals surface area contributed by atoms with Crippen molar-refractivity contribution in [2.45, 2.75) is 25.3 Å². The second-order valence-corrected chi connectivity index (χ2v) is 7.36. The Hall–Kier alpha value is -0.380. The first-order chi connectivity index (χ1) is 9.29. The van der Waals surface area contributed by atoms with Gasteiger partial charge < -0.3 is 5.32 Å². The second-order valence-electron chi connectivity index (χ2n) is 6.44. The lowest BCUT2D eigenvalue weighted by atomic mass is 9.87. The summed E-state index contributed by atoms with van der Waals surface area (Å²) in [5.74, 6) is 1.85. The molecule has 1 N–H and O–H groups in total. The Morgan fingerprint density at radius 2 is 1.89 bits per heavy atom. The first-order valence-corrected chi connectivity index (χ1v) is 8.31. The van der Waals surface area contributed by atoms with Gasteiger partial charge in [-0.25, -0.2) is 0 Å². The predicted molar refractivity (Wildman–Crippen MR) is 81.4 cm³/mol. The SMILES string of the molecule is Brc1ccc2c(c1)CCC(N1CC3CNCC3C1)C2. The lowest BCUT2D eigenvalue weighted by Gasteiger charge is -2.33. The number of hydrogen-bond donors (Lipinski definition) is 1. The van der Waals surface area contributed by atoms with Gasteiger partial charge in [-0.15, -0.1) is 0 Å². The van der Waals surface area contributed by atoms with Crippen LogP contribution in [-0.4, -0.2) is 37.1 Å². The zero-order valence-corrected chi connectivity index (χ0v) is 12.8. The highest BCUT2D eigenvalue weighted by molar-refractivity contribution is 9.10. The van der Waals surface area contributed by atoms with Crippen LogP contribution < -0.4 is 5.32 Å². The number of aryl methyl sites for hydroxylation is 1. The van der Waals surface area contributed by atoms with Crippen molar-refractivity contribution in [2.75, 3.05) is 26.2 Å². The van der Waals surface area contributed by atoms with E-state index >= 15 is 0 Å². The Kier molecular flexibility index (Phi) is 3.17. The number of nitrogens with zero attached hydrogens (tertiary/aromatic N) is 1. The summed E-state index contributed by atoms with van der Waals surface area (Å²) in [6.07, 6.45) is 3.86. The van der Waals surface area contributed by atoms with Crippen molar-refractivity contribution in [1.29, 1.82) is 0 Å². The monoisotopic (exact) mass is 320 g/mol. The topological polar surface area (TPSA) is 15.3 Å². The largest absolute Gasteiger partial charge is 0.316 e. The number of hydrogen-bond acceptors (Lipinski definition) is 2. The van der Waals surface area contributed by atoms with Gasteiger partial charge in [-0.1, -0.05) is 22.0 Å². The minimum Gasteiger partial charge on any atom is -0.316 e. The van der Waals surface area contributed by atoms with Crippen molar-refractivity contribution in [3.63, 3.8) is 0 Å². The van der Waals surface area contributed by atoms with Gasteiger partial charge in [-0.2, -0.15) is 0 Å². The Morgan fingerprint density at radius 1 is 1.11 bits per heavy atom. The zero-order chi connectivity index (χ0) is 12.8. The van der Waals surface area contributed by atoms with E-state index in [2.05, 4.69) is 44.3 Å². The normalized spacial score (nSPS) is 34.3. The van der Waals surface area contributed by atoms with E-state index < -0.39 is 0 Å². The number of nitrogens with one attached hydrogen (secondary N) is 1. The Labute approximate surface area is 123 Å². The lowest BCUT2D eigenvalue weighted by Crippen LogP contribution is -2.39. The van der Waals surface area contributed by atoms with Crippen LogP contribution in [0.5, 0.6) is 0 Å². The van der Waals surface area contributed by atoms with E-state index in [9.17, 15) is 0 Å². The van der Waals surface area contributed by atoms with Gasteiger partial charge in [0, 0.05) is 23.6 Å². The van der Waals surface area contributed by atoms with Crippen LogP contribution in [0.1, 0.15) is 17.5 Å². The Morgan fingerprint density at radius 3 is 2.68 bits per heavy atom. The van der Waals surface area contributed by atoms with E-state index in [0.717, 1.165) is 17.9 Å².